The number of aryl methyl sites for hydroxylation is 2. The SMILES string of the molecule is Cc1cn(-c2cc(C(=O)Nc3cccc(NC(=O)Nc4ccc5c(c4)NC(=O)/C5=C\c4[nH]c(C)c(CCC(=O)O)c4C)c3)cc(C(F)(F)F)c2)cn1. The number of imidazole rings is 1. The number of nitrogens with zero attached hydrogens (tertiary/aromatic N) is 2. The number of carbonyl (C=O) groups is 4. The van der Waals surface area contributed by atoms with Crippen molar-refractivity contribution in [1.29, 1.82) is 0 Å². The molecule has 1 aliphatic heterocycles. The minimum Gasteiger partial charge on any atom is -0.481 e. The summed E-state index contributed by atoms with van der Waals surface area (Å²) in [5.41, 5.74) is 5.12. The molecule has 3 aromatic carbocycles. The predicted octanol–water partition coefficient (Wildman–Crippen LogP) is 7.55. The van der Waals surface area contributed by atoms with Crippen molar-refractivity contribution in [1.82, 2.24) is 14.5 Å². The Kier molecular flexibility index (Phi) is 9.43. The first-order valence-electron chi connectivity index (χ1n) is 15.9. The number of aliphatic carboxylic acids is 1. The van der Waals surface area contributed by atoms with Gasteiger partial charge in [-0.2, -0.15) is 13.2 Å². The maximum absolute atomic E-state index is 13.7. The van der Waals surface area contributed by atoms with Gasteiger partial charge in [-0.05, 0) is 92.9 Å². The van der Waals surface area contributed by atoms with Gasteiger partial charge in [0.15, 0.2) is 0 Å². The average Bonchev–Trinajstić information content (AvgIpc) is 3.73. The lowest BCUT2D eigenvalue weighted by Gasteiger charge is -2.14. The number of hydrogen-bond acceptors (Lipinski definition) is 5. The largest absolute Gasteiger partial charge is 0.481 e. The fraction of sp³-hybridized carbons (Fsp3) is 0.162. The highest BCUT2D eigenvalue weighted by Crippen LogP contribution is 2.36. The van der Waals surface area contributed by atoms with Crippen LogP contribution in [0.4, 0.5) is 40.7 Å². The monoisotopic (exact) mass is 711 g/mol. The molecule has 0 fully saturated rings. The van der Waals surface area contributed by atoms with Crippen LogP contribution in [-0.4, -0.2) is 43.5 Å². The molecule has 52 heavy (non-hydrogen) atoms. The Labute approximate surface area is 294 Å². The molecule has 1 aliphatic rings. The number of benzene rings is 3. The molecule has 266 valence electrons. The van der Waals surface area contributed by atoms with E-state index in [0.29, 0.717) is 40.3 Å². The van der Waals surface area contributed by atoms with Gasteiger partial charge in [0, 0.05) is 57.9 Å². The Morgan fingerprint density at radius 3 is 2.33 bits per heavy atom. The van der Waals surface area contributed by atoms with Crippen molar-refractivity contribution >= 4 is 58.2 Å². The summed E-state index contributed by atoms with van der Waals surface area (Å²) in [6, 6.07) is 13.4. The van der Waals surface area contributed by atoms with E-state index in [0.717, 1.165) is 29.0 Å². The van der Waals surface area contributed by atoms with Crippen molar-refractivity contribution in [3.05, 3.63) is 118 Å². The van der Waals surface area contributed by atoms with Crippen LogP contribution >= 0.6 is 0 Å². The Balaban J connectivity index is 1.13. The third-order valence-electron chi connectivity index (χ3n) is 8.46. The van der Waals surface area contributed by atoms with Crippen molar-refractivity contribution in [3.63, 3.8) is 0 Å². The highest BCUT2D eigenvalue weighted by molar-refractivity contribution is 6.35. The van der Waals surface area contributed by atoms with E-state index in [1.54, 1.807) is 49.5 Å². The molecule has 0 spiro atoms. The number of alkyl halides is 3. The lowest BCUT2D eigenvalue weighted by molar-refractivity contribution is -0.138. The van der Waals surface area contributed by atoms with Crippen LogP contribution < -0.4 is 21.3 Å². The summed E-state index contributed by atoms with van der Waals surface area (Å²) in [4.78, 5) is 57.3. The molecule has 2 aromatic heterocycles. The summed E-state index contributed by atoms with van der Waals surface area (Å²) in [7, 11) is 0. The number of H-pyrrole nitrogens is 1. The highest BCUT2D eigenvalue weighted by Gasteiger charge is 2.32. The van der Waals surface area contributed by atoms with Crippen LogP contribution in [0.3, 0.4) is 0 Å². The van der Waals surface area contributed by atoms with Crippen molar-refractivity contribution in [2.75, 3.05) is 21.3 Å². The first-order chi connectivity index (χ1) is 24.6. The predicted molar refractivity (Wildman–Crippen MR) is 190 cm³/mol. The molecule has 4 amide bonds. The zero-order chi connectivity index (χ0) is 37.3. The standard InChI is InChI=1S/C37H32F3N7O5/c1-19-17-47(18-41-19)27-12-22(11-23(13-27)37(38,39)40)34(50)43-24-5-4-6-25(14-24)44-36(52)45-26-7-8-29-30(35(51)46-32(29)15-26)16-31-20(2)28(21(3)42-31)9-10-33(48)49/h4-8,11-18,42H,9-10H2,1-3H3,(H,43,50)(H,46,51)(H,48,49)(H2,44,45,52)/b30-16-. The first kappa shape index (κ1) is 35.2. The number of fused-ring (bicyclic) bond motifs is 1. The molecule has 3 heterocycles. The van der Waals surface area contributed by atoms with Gasteiger partial charge in [0.05, 0.1) is 28.8 Å². The molecular weight excluding hydrogens is 679 g/mol. The second kappa shape index (κ2) is 13.9. The van der Waals surface area contributed by atoms with Crippen LogP contribution in [0.25, 0.3) is 17.3 Å². The van der Waals surface area contributed by atoms with Crippen LogP contribution in [0.5, 0.6) is 0 Å². The summed E-state index contributed by atoms with van der Waals surface area (Å²) in [6.07, 6.45) is 0.266. The zero-order valence-corrected chi connectivity index (χ0v) is 28.0. The number of carboxylic acid groups (broad SMARTS) is 1. The number of aromatic amines is 1. The maximum Gasteiger partial charge on any atom is 0.416 e. The number of hydrogen-bond donors (Lipinski definition) is 6. The van der Waals surface area contributed by atoms with Crippen LogP contribution in [0, 0.1) is 20.8 Å². The Morgan fingerprint density at radius 1 is 0.942 bits per heavy atom. The number of carbonyl (C=O) groups excluding carboxylic acids is 3. The second-order valence-electron chi connectivity index (χ2n) is 12.2. The van der Waals surface area contributed by atoms with E-state index in [2.05, 4.69) is 31.2 Å². The normalized spacial score (nSPS) is 13.1. The minimum atomic E-state index is -4.70. The van der Waals surface area contributed by atoms with E-state index in [1.165, 1.54) is 29.1 Å². The van der Waals surface area contributed by atoms with Crippen molar-refractivity contribution in [3.8, 4) is 5.69 Å². The van der Waals surface area contributed by atoms with Gasteiger partial charge < -0.3 is 35.9 Å². The average molecular weight is 712 g/mol. The molecule has 0 bridgehead atoms. The molecule has 0 radical (unpaired) electrons. The van der Waals surface area contributed by atoms with Crippen molar-refractivity contribution < 1.29 is 37.5 Å². The van der Waals surface area contributed by atoms with Crippen LogP contribution in [0.15, 0.2) is 73.2 Å². The molecule has 0 aliphatic carbocycles. The van der Waals surface area contributed by atoms with Crippen LogP contribution in [0.2, 0.25) is 0 Å². The topological polar surface area (TPSA) is 170 Å². The summed E-state index contributed by atoms with van der Waals surface area (Å²) < 4.78 is 42.5. The lowest BCUT2D eigenvalue weighted by Crippen LogP contribution is -2.20. The fourth-order valence-corrected chi connectivity index (χ4v) is 5.91. The third kappa shape index (κ3) is 7.72. The van der Waals surface area contributed by atoms with E-state index in [1.807, 2.05) is 13.8 Å². The van der Waals surface area contributed by atoms with Crippen molar-refractivity contribution in [2.24, 2.45) is 0 Å². The van der Waals surface area contributed by atoms with E-state index < -0.39 is 29.6 Å². The summed E-state index contributed by atoms with van der Waals surface area (Å²) >= 11 is 0. The van der Waals surface area contributed by atoms with Gasteiger partial charge in [-0.25, -0.2) is 9.78 Å². The number of nitrogens with one attached hydrogen (secondary N) is 5. The number of anilines is 4. The molecule has 0 atom stereocenters. The smallest absolute Gasteiger partial charge is 0.416 e. The molecule has 6 rings (SSSR count). The van der Waals surface area contributed by atoms with Crippen molar-refractivity contribution in [2.45, 2.75) is 39.8 Å². The number of halogens is 3. The van der Waals surface area contributed by atoms with Crippen LogP contribution in [0.1, 0.15) is 56.1 Å². The fourth-order valence-electron chi connectivity index (χ4n) is 5.91. The molecule has 12 nitrogen and oxygen atoms in total. The minimum absolute atomic E-state index is 0.0118. The third-order valence-corrected chi connectivity index (χ3v) is 8.46. The zero-order valence-electron chi connectivity index (χ0n) is 28.0. The molecule has 15 heteroatoms. The number of rotatable bonds is 9. The van der Waals surface area contributed by atoms with Gasteiger partial charge >= 0.3 is 18.2 Å². The Morgan fingerprint density at radius 2 is 1.65 bits per heavy atom. The summed E-state index contributed by atoms with van der Waals surface area (Å²) in [5, 5.41) is 19.8. The van der Waals surface area contributed by atoms with Gasteiger partial charge in [-0.3, -0.25) is 14.4 Å². The summed E-state index contributed by atoms with van der Waals surface area (Å²) in [5.74, 6) is -2.03. The van der Waals surface area contributed by atoms with Gasteiger partial charge in [-0.1, -0.05) is 12.1 Å². The highest BCUT2D eigenvalue weighted by atomic mass is 19.4. The molecular formula is C37H32F3N7O5. The Hall–Kier alpha value is -6.64. The number of aromatic nitrogens is 3. The van der Waals surface area contributed by atoms with Crippen LogP contribution in [-0.2, 0) is 22.2 Å². The van der Waals surface area contributed by atoms with E-state index in [9.17, 15) is 32.3 Å². The number of amides is 4. The second-order valence-corrected chi connectivity index (χ2v) is 12.2. The number of carboxylic acids is 1. The molecule has 0 saturated carbocycles. The molecule has 5 aromatic rings. The molecule has 0 saturated heterocycles. The number of urea groups is 1. The molecule has 0 unspecified atom stereocenters. The van der Waals surface area contributed by atoms with E-state index in [-0.39, 0.29) is 35.0 Å². The maximum atomic E-state index is 13.7. The quantitative estimate of drug-likeness (QED) is 0.0863. The first-order valence-corrected chi connectivity index (χ1v) is 15.9. The summed E-state index contributed by atoms with van der Waals surface area (Å²) in [6.45, 7) is 5.41. The van der Waals surface area contributed by atoms with Gasteiger partial charge in [0.25, 0.3) is 11.8 Å². The Bertz CT molecular complexity index is 2290. The lowest BCUT2D eigenvalue weighted by atomic mass is 10.0. The van der Waals surface area contributed by atoms with Gasteiger partial charge in [-0.15, -0.1) is 0 Å². The van der Waals surface area contributed by atoms with Gasteiger partial charge in [0.1, 0.15) is 0 Å². The van der Waals surface area contributed by atoms with E-state index >= 15 is 0 Å². The van der Waals surface area contributed by atoms with Gasteiger partial charge in [0.2, 0.25) is 0 Å². The molecule has 6 N–H and O–H groups in total. The van der Waals surface area contributed by atoms with E-state index in [4.69, 9.17) is 5.11 Å².